The summed E-state index contributed by atoms with van der Waals surface area (Å²) in [6.45, 7) is 5.18. The molecule has 2 unspecified atom stereocenters. The van der Waals surface area contributed by atoms with Crippen molar-refractivity contribution >= 4 is 5.78 Å². The lowest BCUT2D eigenvalue weighted by molar-refractivity contribution is 0.0958. The van der Waals surface area contributed by atoms with Crippen LogP contribution in [0.1, 0.15) is 42.2 Å². The molecular weight excluding hydrogens is 214 g/mol. The minimum atomic E-state index is 0.210. The number of hydrogen-bond acceptors (Lipinski definition) is 3. The summed E-state index contributed by atoms with van der Waals surface area (Å²) in [5, 5.41) is 7.64. The number of aromatic nitrogens is 2. The van der Waals surface area contributed by atoms with Gasteiger partial charge in [0.1, 0.15) is 0 Å². The van der Waals surface area contributed by atoms with Gasteiger partial charge in [-0.15, -0.1) is 0 Å². The summed E-state index contributed by atoms with van der Waals surface area (Å²) in [4.78, 5) is 12.2. The maximum Gasteiger partial charge on any atom is 0.167 e. The van der Waals surface area contributed by atoms with Crippen molar-refractivity contribution in [3.63, 3.8) is 0 Å². The van der Waals surface area contributed by atoms with Crippen LogP contribution in [0.3, 0.4) is 0 Å². The van der Waals surface area contributed by atoms with Gasteiger partial charge in [0.25, 0.3) is 0 Å². The molecule has 94 valence electrons. The first-order valence-corrected chi connectivity index (χ1v) is 6.33. The fourth-order valence-electron chi connectivity index (χ4n) is 2.58. The van der Waals surface area contributed by atoms with E-state index < -0.39 is 0 Å². The van der Waals surface area contributed by atoms with Crippen LogP contribution in [0.4, 0.5) is 0 Å². The third-order valence-electron chi connectivity index (χ3n) is 3.50. The minimum absolute atomic E-state index is 0.210. The van der Waals surface area contributed by atoms with Crippen molar-refractivity contribution in [3.8, 4) is 0 Å². The molecule has 1 aliphatic heterocycles. The predicted octanol–water partition coefficient (Wildman–Crippen LogP) is 1.69. The van der Waals surface area contributed by atoms with E-state index >= 15 is 0 Å². The van der Waals surface area contributed by atoms with E-state index in [2.05, 4.69) is 17.3 Å². The second-order valence-corrected chi connectivity index (χ2v) is 5.21. The van der Waals surface area contributed by atoms with Crippen LogP contribution in [0, 0.1) is 12.8 Å². The number of Topliss-reactive ketones (excluding diaryl/α,β-unsaturated/α-hetero) is 1. The molecule has 2 rings (SSSR count). The van der Waals surface area contributed by atoms with Crippen LogP contribution in [-0.2, 0) is 7.05 Å². The Bertz CT molecular complexity index is 411. The molecule has 17 heavy (non-hydrogen) atoms. The number of carbonyl (C=O) groups excluding carboxylic acids is 1. The van der Waals surface area contributed by atoms with Gasteiger partial charge >= 0.3 is 0 Å². The molecule has 0 saturated carbocycles. The number of aryl methyl sites for hydroxylation is 2. The minimum Gasteiger partial charge on any atom is -0.314 e. The highest BCUT2D eigenvalue weighted by Crippen LogP contribution is 2.19. The molecule has 1 saturated heterocycles. The van der Waals surface area contributed by atoms with Gasteiger partial charge in [0.05, 0.1) is 11.3 Å². The zero-order chi connectivity index (χ0) is 12.4. The Hall–Kier alpha value is -1.16. The van der Waals surface area contributed by atoms with Gasteiger partial charge in [0.15, 0.2) is 5.78 Å². The van der Waals surface area contributed by atoms with Crippen molar-refractivity contribution in [1.82, 2.24) is 15.1 Å². The van der Waals surface area contributed by atoms with Gasteiger partial charge in [-0.05, 0) is 32.2 Å². The number of piperidine rings is 1. The number of ketones is 1. The second-order valence-electron chi connectivity index (χ2n) is 5.21. The van der Waals surface area contributed by atoms with Crippen molar-refractivity contribution in [2.24, 2.45) is 13.0 Å². The molecule has 1 fully saturated rings. The van der Waals surface area contributed by atoms with E-state index in [0.717, 1.165) is 30.1 Å². The molecule has 0 radical (unpaired) electrons. The van der Waals surface area contributed by atoms with Crippen molar-refractivity contribution in [1.29, 1.82) is 0 Å². The van der Waals surface area contributed by atoms with Crippen LogP contribution in [0.25, 0.3) is 0 Å². The number of hydrogen-bond donors (Lipinski definition) is 1. The van der Waals surface area contributed by atoms with Gasteiger partial charge in [-0.3, -0.25) is 9.48 Å². The Morgan fingerprint density at radius 3 is 3.00 bits per heavy atom. The van der Waals surface area contributed by atoms with E-state index in [4.69, 9.17) is 0 Å². The fraction of sp³-hybridized carbons (Fsp3) is 0.692. The number of rotatable bonds is 3. The summed E-state index contributed by atoms with van der Waals surface area (Å²) in [6.07, 6.45) is 4.74. The molecule has 1 aromatic rings. The summed E-state index contributed by atoms with van der Waals surface area (Å²) in [5.41, 5.74) is 1.61. The maximum absolute atomic E-state index is 12.2. The quantitative estimate of drug-likeness (QED) is 0.811. The number of carbonyl (C=O) groups is 1. The summed E-state index contributed by atoms with van der Waals surface area (Å²) in [5.74, 6) is 0.936. The Balaban J connectivity index is 1.99. The third kappa shape index (κ3) is 2.94. The van der Waals surface area contributed by atoms with Crippen LogP contribution in [0.2, 0.25) is 0 Å². The zero-order valence-corrected chi connectivity index (χ0v) is 10.9. The normalized spacial score (nSPS) is 24.9. The van der Waals surface area contributed by atoms with Gasteiger partial charge in [-0.1, -0.05) is 6.92 Å². The lowest BCUT2D eigenvalue weighted by Crippen LogP contribution is -2.38. The average molecular weight is 235 g/mol. The predicted molar refractivity (Wildman–Crippen MR) is 67.1 cm³/mol. The molecule has 2 heterocycles. The highest BCUT2D eigenvalue weighted by atomic mass is 16.1. The smallest absolute Gasteiger partial charge is 0.167 e. The monoisotopic (exact) mass is 235 g/mol. The van der Waals surface area contributed by atoms with E-state index in [9.17, 15) is 4.79 Å². The van der Waals surface area contributed by atoms with Gasteiger partial charge < -0.3 is 5.32 Å². The highest BCUT2D eigenvalue weighted by molar-refractivity contribution is 5.97. The van der Waals surface area contributed by atoms with Crippen LogP contribution in [0.15, 0.2) is 6.20 Å². The van der Waals surface area contributed by atoms with Crippen LogP contribution in [0.5, 0.6) is 0 Å². The van der Waals surface area contributed by atoms with Gasteiger partial charge in [0, 0.05) is 25.7 Å². The first-order chi connectivity index (χ1) is 8.06. The Labute approximate surface area is 102 Å². The summed E-state index contributed by atoms with van der Waals surface area (Å²) >= 11 is 0. The van der Waals surface area contributed by atoms with Crippen molar-refractivity contribution in [2.75, 3.05) is 6.54 Å². The molecule has 1 aliphatic rings. The molecule has 4 nitrogen and oxygen atoms in total. The highest BCUT2D eigenvalue weighted by Gasteiger charge is 2.22. The van der Waals surface area contributed by atoms with Crippen molar-refractivity contribution in [2.45, 2.75) is 39.2 Å². The number of nitrogens with one attached hydrogen (secondary N) is 1. The molecule has 1 N–H and O–H groups in total. The van der Waals surface area contributed by atoms with Crippen molar-refractivity contribution in [3.05, 3.63) is 17.5 Å². The summed E-state index contributed by atoms with van der Waals surface area (Å²) in [6, 6.07) is 0.339. The first kappa shape index (κ1) is 12.3. The van der Waals surface area contributed by atoms with E-state index in [1.165, 1.54) is 6.42 Å². The van der Waals surface area contributed by atoms with Crippen LogP contribution in [-0.4, -0.2) is 28.2 Å². The standard InChI is InChI=1S/C13H21N3O/c1-9-4-5-14-11(6-9)7-13(17)12-8-16(3)15-10(12)2/h8-9,11,14H,4-7H2,1-3H3. The topological polar surface area (TPSA) is 46.9 Å². The lowest BCUT2D eigenvalue weighted by Gasteiger charge is -2.27. The Kier molecular flexibility index (Phi) is 3.62. The van der Waals surface area contributed by atoms with Gasteiger partial charge in [-0.25, -0.2) is 0 Å². The maximum atomic E-state index is 12.2. The average Bonchev–Trinajstić information content (AvgIpc) is 2.58. The molecule has 1 aromatic heterocycles. The van der Waals surface area contributed by atoms with Crippen LogP contribution < -0.4 is 5.32 Å². The van der Waals surface area contributed by atoms with Gasteiger partial charge in [0.2, 0.25) is 0 Å². The molecule has 2 atom stereocenters. The molecule has 0 aromatic carbocycles. The molecule has 0 aliphatic carbocycles. The lowest BCUT2D eigenvalue weighted by atomic mass is 9.90. The SMILES string of the molecule is Cc1nn(C)cc1C(=O)CC1CC(C)CCN1. The number of nitrogens with zero attached hydrogens (tertiary/aromatic N) is 2. The summed E-state index contributed by atoms with van der Waals surface area (Å²) < 4.78 is 1.71. The van der Waals surface area contributed by atoms with E-state index in [0.29, 0.717) is 12.5 Å². The molecule has 0 spiro atoms. The molecule has 0 amide bonds. The Morgan fingerprint density at radius 2 is 2.41 bits per heavy atom. The van der Waals surface area contributed by atoms with Crippen LogP contribution >= 0.6 is 0 Å². The third-order valence-corrected chi connectivity index (χ3v) is 3.50. The van der Waals surface area contributed by atoms with E-state index in [-0.39, 0.29) is 5.78 Å². The molecular formula is C13H21N3O. The largest absolute Gasteiger partial charge is 0.314 e. The fourth-order valence-corrected chi connectivity index (χ4v) is 2.58. The molecule has 4 heteroatoms. The second kappa shape index (κ2) is 5.00. The molecule has 0 bridgehead atoms. The summed E-state index contributed by atoms with van der Waals surface area (Å²) in [7, 11) is 1.85. The van der Waals surface area contributed by atoms with Crippen molar-refractivity contribution < 1.29 is 4.79 Å². The zero-order valence-electron chi connectivity index (χ0n) is 10.9. The van der Waals surface area contributed by atoms with Gasteiger partial charge in [-0.2, -0.15) is 5.10 Å². The Morgan fingerprint density at radius 1 is 1.65 bits per heavy atom. The van der Waals surface area contributed by atoms with E-state index in [1.54, 1.807) is 4.68 Å². The van der Waals surface area contributed by atoms with E-state index in [1.807, 2.05) is 20.2 Å². The first-order valence-electron chi connectivity index (χ1n) is 6.33.